The molecule has 2 rings (SSSR count). The SMILES string of the molecule is Cn1ncc(Br)c1-c1ccc(Cl)cc1. The van der Waals surface area contributed by atoms with Crippen LogP contribution in [0.4, 0.5) is 0 Å². The van der Waals surface area contributed by atoms with Crippen molar-refractivity contribution in [1.82, 2.24) is 9.78 Å². The smallest absolute Gasteiger partial charge is 0.0821 e. The maximum atomic E-state index is 5.82. The van der Waals surface area contributed by atoms with Crippen LogP contribution in [0.3, 0.4) is 0 Å². The maximum Gasteiger partial charge on any atom is 0.0821 e. The summed E-state index contributed by atoms with van der Waals surface area (Å²) in [5.41, 5.74) is 2.16. The third-order valence-electron chi connectivity index (χ3n) is 2.01. The molecule has 0 unspecified atom stereocenters. The molecule has 0 bridgehead atoms. The van der Waals surface area contributed by atoms with E-state index in [2.05, 4.69) is 21.0 Å². The fraction of sp³-hybridized carbons (Fsp3) is 0.100. The molecule has 0 aliphatic heterocycles. The predicted molar refractivity (Wildman–Crippen MR) is 61.4 cm³/mol. The summed E-state index contributed by atoms with van der Waals surface area (Å²) in [6, 6.07) is 7.70. The fourth-order valence-corrected chi connectivity index (χ4v) is 2.05. The second-order valence-corrected chi connectivity index (χ2v) is 4.26. The Hall–Kier alpha value is -0.800. The first-order valence-corrected chi connectivity index (χ1v) is 5.29. The Kier molecular flexibility index (Phi) is 2.61. The molecule has 0 aliphatic carbocycles. The van der Waals surface area contributed by atoms with Crippen LogP contribution in [0.15, 0.2) is 34.9 Å². The van der Waals surface area contributed by atoms with Gasteiger partial charge in [0.05, 0.1) is 16.4 Å². The molecule has 0 amide bonds. The van der Waals surface area contributed by atoms with E-state index < -0.39 is 0 Å². The molecule has 0 spiro atoms. The first-order valence-electron chi connectivity index (χ1n) is 4.12. The van der Waals surface area contributed by atoms with Crippen molar-refractivity contribution < 1.29 is 0 Å². The van der Waals surface area contributed by atoms with Gasteiger partial charge in [0, 0.05) is 17.6 Å². The molecule has 72 valence electrons. The third-order valence-corrected chi connectivity index (χ3v) is 2.84. The molecule has 2 aromatic rings. The Morgan fingerprint density at radius 3 is 2.43 bits per heavy atom. The van der Waals surface area contributed by atoms with Crippen molar-refractivity contribution in [2.24, 2.45) is 7.05 Å². The van der Waals surface area contributed by atoms with Gasteiger partial charge in [0.2, 0.25) is 0 Å². The summed E-state index contributed by atoms with van der Waals surface area (Å²) in [5.74, 6) is 0. The number of hydrogen-bond acceptors (Lipinski definition) is 1. The summed E-state index contributed by atoms with van der Waals surface area (Å²) < 4.78 is 2.81. The molecule has 2 nitrogen and oxygen atoms in total. The molecule has 0 aliphatic rings. The molecule has 0 fully saturated rings. The van der Waals surface area contributed by atoms with Gasteiger partial charge in [-0.2, -0.15) is 5.10 Å². The van der Waals surface area contributed by atoms with Gasteiger partial charge in [-0.3, -0.25) is 4.68 Å². The van der Waals surface area contributed by atoms with Crippen LogP contribution < -0.4 is 0 Å². The average molecular weight is 272 g/mol. The minimum atomic E-state index is 0.743. The van der Waals surface area contributed by atoms with E-state index in [0.717, 1.165) is 20.8 Å². The van der Waals surface area contributed by atoms with E-state index in [1.165, 1.54) is 0 Å². The summed E-state index contributed by atoms with van der Waals surface area (Å²) in [5, 5.41) is 4.89. The molecule has 0 radical (unpaired) electrons. The molecule has 0 saturated heterocycles. The van der Waals surface area contributed by atoms with Crippen LogP contribution in [0.2, 0.25) is 5.02 Å². The first-order chi connectivity index (χ1) is 6.68. The van der Waals surface area contributed by atoms with Crippen molar-refractivity contribution in [3.8, 4) is 11.3 Å². The number of aryl methyl sites for hydroxylation is 1. The van der Waals surface area contributed by atoms with Gasteiger partial charge in [-0.25, -0.2) is 0 Å². The molecule has 0 saturated carbocycles. The number of nitrogens with zero attached hydrogens (tertiary/aromatic N) is 2. The van der Waals surface area contributed by atoms with Crippen molar-refractivity contribution >= 4 is 27.5 Å². The van der Waals surface area contributed by atoms with Crippen LogP contribution in [0.5, 0.6) is 0 Å². The van der Waals surface area contributed by atoms with E-state index in [1.807, 2.05) is 36.0 Å². The topological polar surface area (TPSA) is 17.8 Å². The maximum absolute atomic E-state index is 5.82. The lowest BCUT2D eigenvalue weighted by molar-refractivity contribution is 0.776. The lowest BCUT2D eigenvalue weighted by Gasteiger charge is -2.02. The number of hydrogen-bond donors (Lipinski definition) is 0. The van der Waals surface area contributed by atoms with E-state index in [1.54, 1.807) is 6.20 Å². The highest BCUT2D eigenvalue weighted by Gasteiger charge is 2.07. The highest BCUT2D eigenvalue weighted by Crippen LogP contribution is 2.27. The second-order valence-electron chi connectivity index (χ2n) is 2.97. The van der Waals surface area contributed by atoms with Crippen molar-refractivity contribution in [3.05, 3.63) is 40.0 Å². The molecule has 1 heterocycles. The molecule has 14 heavy (non-hydrogen) atoms. The molecule has 0 atom stereocenters. The largest absolute Gasteiger partial charge is 0.267 e. The van der Waals surface area contributed by atoms with Gasteiger partial charge in [0.15, 0.2) is 0 Å². The van der Waals surface area contributed by atoms with E-state index in [9.17, 15) is 0 Å². The van der Waals surface area contributed by atoms with Gasteiger partial charge < -0.3 is 0 Å². The van der Waals surface area contributed by atoms with Gasteiger partial charge in [-0.15, -0.1) is 0 Å². The lowest BCUT2D eigenvalue weighted by Crippen LogP contribution is -1.93. The average Bonchev–Trinajstić information content (AvgIpc) is 2.49. The van der Waals surface area contributed by atoms with Gasteiger partial charge in [0.25, 0.3) is 0 Å². The first kappa shape index (κ1) is 9.74. The van der Waals surface area contributed by atoms with Gasteiger partial charge in [-0.1, -0.05) is 23.7 Å². The Morgan fingerprint density at radius 2 is 1.93 bits per heavy atom. The highest BCUT2D eigenvalue weighted by molar-refractivity contribution is 9.10. The van der Waals surface area contributed by atoms with Crippen LogP contribution in [-0.4, -0.2) is 9.78 Å². The zero-order chi connectivity index (χ0) is 10.1. The summed E-state index contributed by atoms with van der Waals surface area (Å²) in [6.45, 7) is 0. The number of rotatable bonds is 1. The van der Waals surface area contributed by atoms with Gasteiger partial charge >= 0.3 is 0 Å². The van der Waals surface area contributed by atoms with Crippen LogP contribution in [-0.2, 0) is 7.05 Å². The summed E-state index contributed by atoms with van der Waals surface area (Å²) in [6.07, 6.45) is 1.78. The molecule has 4 heteroatoms. The normalized spacial score (nSPS) is 10.5. The Balaban J connectivity index is 2.54. The van der Waals surface area contributed by atoms with Crippen molar-refractivity contribution in [2.45, 2.75) is 0 Å². The van der Waals surface area contributed by atoms with E-state index in [0.29, 0.717) is 0 Å². The van der Waals surface area contributed by atoms with Gasteiger partial charge in [-0.05, 0) is 28.1 Å². The van der Waals surface area contributed by atoms with Crippen molar-refractivity contribution in [1.29, 1.82) is 0 Å². The van der Waals surface area contributed by atoms with Crippen LogP contribution >= 0.6 is 27.5 Å². The Morgan fingerprint density at radius 1 is 1.29 bits per heavy atom. The minimum absolute atomic E-state index is 0.743. The lowest BCUT2D eigenvalue weighted by atomic mass is 10.1. The van der Waals surface area contributed by atoms with E-state index in [-0.39, 0.29) is 0 Å². The highest BCUT2D eigenvalue weighted by atomic mass is 79.9. The minimum Gasteiger partial charge on any atom is -0.267 e. The monoisotopic (exact) mass is 270 g/mol. The summed E-state index contributed by atoms with van der Waals surface area (Å²) in [7, 11) is 1.91. The Labute approximate surface area is 95.6 Å². The number of halogens is 2. The summed E-state index contributed by atoms with van der Waals surface area (Å²) >= 11 is 9.27. The number of aromatic nitrogens is 2. The summed E-state index contributed by atoms with van der Waals surface area (Å²) in [4.78, 5) is 0. The molecular weight excluding hydrogens is 263 g/mol. The standard InChI is InChI=1S/C10H8BrClN2/c1-14-10(9(11)6-13-14)7-2-4-8(12)5-3-7/h2-6H,1H3. The molecule has 0 N–H and O–H groups in total. The van der Waals surface area contributed by atoms with E-state index >= 15 is 0 Å². The van der Waals surface area contributed by atoms with E-state index in [4.69, 9.17) is 11.6 Å². The zero-order valence-electron chi connectivity index (χ0n) is 7.54. The van der Waals surface area contributed by atoms with Crippen molar-refractivity contribution in [2.75, 3.05) is 0 Å². The van der Waals surface area contributed by atoms with Crippen LogP contribution in [0.25, 0.3) is 11.3 Å². The Bertz CT molecular complexity index is 428. The molecule has 1 aromatic heterocycles. The molecule has 1 aromatic carbocycles. The second kappa shape index (κ2) is 3.75. The third kappa shape index (κ3) is 1.70. The molecular formula is C10H8BrClN2. The van der Waals surface area contributed by atoms with Crippen LogP contribution in [0.1, 0.15) is 0 Å². The quantitative estimate of drug-likeness (QED) is 0.776. The van der Waals surface area contributed by atoms with Gasteiger partial charge in [0.1, 0.15) is 0 Å². The number of benzene rings is 1. The fourth-order valence-electron chi connectivity index (χ4n) is 1.34. The van der Waals surface area contributed by atoms with Crippen molar-refractivity contribution in [3.63, 3.8) is 0 Å². The predicted octanol–water partition coefficient (Wildman–Crippen LogP) is 3.50. The van der Waals surface area contributed by atoms with Crippen LogP contribution in [0, 0.1) is 0 Å². The zero-order valence-corrected chi connectivity index (χ0v) is 9.88.